The predicted octanol–water partition coefficient (Wildman–Crippen LogP) is 5.22. The second kappa shape index (κ2) is 13.0. The summed E-state index contributed by atoms with van der Waals surface area (Å²) in [6, 6.07) is 15.5. The molecule has 1 aliphatic heterocycles. The lowest BCUT2D eigenvalue weighted by atomic mass is 10.2. The molecule has 10 heteroatoms. The minimum absolute atomic E-state index is 0.121. The van der Waals surface area contributed by atoms with E-state index in [4.69, 9.17) is 27.9 Å². The summed E-state index contributed by atoms with van der Waals surface area (Å²) >= 11 is 13.5. The van der Waals surface area contributed by atoms with E-state index in [-0.39, 0.29) is 5.91 Å². The van der Waals surface area contributed by atoms with Gasteiger partial charge in [-0.3, -0.25) is 4.79 Å². The molecule has 0 bridgehead atoms. The number of aromatic nitrogens is 3. The summed E-state index contributed by atoms with van der Waals surface area (Å²) in [5.74, 6) is 1.90. The van der Waals surface area contributed by atoms with E-state index in [0.29, 0.717) is 41.1 Å². The Labute approximate surface area is 226 Å². The van der Waals surface area contributed by atoms with Gasteiger partial charge in [-0.2, -0.15) is 0 Å². The van der Waals surface area contributed by atoms with Crippen molar-refractivity contribution in [1.29, 1.82) is 0 Å². The molecule has 0 unspecified atom stereocenters. The van der Waals surface area contributed by atoms with Gasteiger partial charge in [-0.1, -0.05) is 59.2 Å². The van der Waals surface area contributed by atoms with Gasteiger partial charge >= 0.3 is 0 Å². The molecule has 2 heterocycles. The highest BCUT2D eigenvalue weighted by Gasteiger charge is 2.22. The summed E-state index contributed by atoms with van der Waals surface area (Å²) in [5.41, 5.74) is 1.20. The molecule has 0 N–H and O–H groups in total. The van der Waals surface area contributed by atoms with Crippen LogP contribution < -0.4 is 9.64 Å². The number of nitrogens with zero attached hydrogens (tertiary/aromatic N) is 5. The van der Waals surface area contributed by atoms with E-state index < -0.39 is 0 Å². The zero-order chi connectivity index (χ0) is 25.3. The Morgan fingerprint density at radius 1 is 1.08 bits per heavy atom. The van der Waals surface area contributed by atoms with Gasteiger partial charge < -0.3 is 19.1 Å². The molecule has 0 spiro atoms. The summed E-state index contributed by atoms with van der Waals surface area (Å²) in [6.07, 6.45) is 3.23. The standard InChI is InChI=1S/C26H29Cl2N5O2S/c1-2-12-33-24(9-6-17-35-23-11-10-20(27)18-22(23)28)29-30-26(33)36-19-25(34)32-15-13-31(14-16-32)21-7-4-3-5-8-21/h2-5,7-8,10-11,18H,1,6,9,12-17,19H2. The Morgan fingerprint density at radius 3 is 2.58 bits per heavy atom. The van der Waals surface area contributed by atoms with Gasteiger partial charge in [-0.15, -0.1) is 16.8 Å². The van der Waals surface area contributed by atoms with Crippen LogP contribution in [0.4, 0.5) is 5.69 Å². The number of thioether (sulfide) groups is 1. The first-order valence-electron chi connectivity index (χ1n) is 11.9. The number of amides is 1. The number of piperazine rings is 1. The van der Waals surface area contributed by atoms with Crippen LogP contribution in [0.1, 0.15) is 12.2 Å². The lowest BCUT2D eigenvalue weighted by Crippen LogP contribution is -2.49. The van der Waals surface area contributed by atoms with Gasteiger partial charge in [-0.05, 0) is 36.8 Å². The highest BCUT2D eigenvalue weighted by Crippen LogP contribution is 2.27. The van der Waals surface area contributed by atoms with Gasteiger partial charge in [0.2, 0.25) is 5.91 Å². The Hall–Kier alpha value is -2.68. The zero-order valence-corrected chi connectivity index (χ0v) is 22.3. The molecule has 36 heavy (non-hydrogen) atoms. The van der Waals surface area contributed by atoms with Crippen molar-refractivity contribution in [3.8, 4) is 5.75 Å². The largest absolute Gasteiger partial charge is 0.492 e. The molecule has 0 radical (unpaired) electrons. The van der Waals surface area contributed by atoms with Crippen LogP contribution >= 0.6 is 35.0 Å². The third kappa shape index (κ3) is 6.96. The van der Waals surface area contributed by atoms with Crippen LogP contribution in [0, 0.1) is 0 Å². The Balaban J connectivity index is 1.25. The molecule has 3 aromatic rings. The summed E-state index contributed by atoms with van der Waals surface area (Å²) in [4.78, 5) is 17.1. The highest BCUT2D eigenvalue weighted by molar-refractivity contribution is 7.99. The molecular formula is C26H29Cl2N5O2S. The molecule has 1 aromatic heterocycles. The van der Waals surface area contributed by atoms with Crippen molar-refractivity contribution in [3.05, 3.63) is 77.1 Å². The maximum absolute atomic E-state index is 12.9. The van der Waals surface area contributed by atoms with E-state index in [1.807, 2.05) is 33.7 Å². The van der Waals surface area contributed by atoms with Crippen molar-refractivity contribution in [2.24, 2.45) is 0 Å². The van der Waals surface area contributed by atoms with Gasteiger partial charge in [0.15, 0.2) is 5.16 Å². The highest BCUT2D eigenvalue weighted by atomic mass is 35.5. The number of carbonyl (C=O) groups is 1. The fraction of sp³-hybridized carbons (Fsp3) is 0.346. The Bertz CT molecular complexity index is 1170. The van der Waals surface area contributed by atoms with Crippen LogP contribution in [0.15, 0.2) is 66.3 Å². The average molecular weight is 547 g/mol. The summed E-state index contributed by atoms with van der Waals surface area (Å²) in [6.45, 7) is 8.03. The number of para-hydroxylation sites is 1. The number of allylic oxidation sites excluding steroid dienone is 1. The minimum Gasteiger partial charge on any atom is -0.492 e. The summed E-state index contributed by atoms with van der Waals surface area (Å²) < 4.78 is 7.78. The third-order valence-corrected chi connectivity index (χ3v) is 7.36. The topological polar surface area (TPSA) is 63.5 Å². The van der Waals surface area contributed by atoms with Gasteiger partial charge in [0.05, 0.1) is 17.4 Å². The van der Waals surface area contributed by atoms with Crippen LogP contribution in [0.25, 0.3) is 0 Å². The SMILES string of the molecule is C=CCn1c(CCCOc2ccc(Cl)cc2Cl)nnc1SCC(=O)N1CCN(c2ccccc2)CC1. The van der Waals surface area contributed by atoms with Crippen LogP contribution in [0.3, 0.4) is 0 Å². The first kappa shape index (κ1) is 26.4. The van der Waals surface area contributed by atoms with Gasteiger partial charge in [0.1, 0.15) is 11.6 Å². The number of benzene rings is 2. The van der Waals surface area contributed by atoms with Crippen LogP contribution in [-0.4, -0.2) is 64.1 Å². The fourth-order valence-corrected chi connectivity index (χ4v) is 5.33. The second-order valence-corrected chi connectivity index (χ2v) is 10.1. The van der Waals surface area contributed by atoms with E-state index in [9.17, 15) is 4.79 Å². The first-order chi connectivity index (χ1) is 17.5. The van der Waals surface area contributed by atoms with E-state index in [0.717, 1.165) is 43.6 Å². The quantitative estimate of drug-likeness (QED) is 0.187. The molecule has 0 aliphatic carbocycles. The molecule has 1 saturated heterocycles. The number of rotatable bonds is 11. The number of carbonyl (C=O) groups excluding carboxylic acids is 1. The Morgan fingerprint density at radius 2 is 1.86 bits per heavy atom. The van der Waals surface area contributed by atoms with Crippen molar-refractivity contribution in [2.45, 2.75) is 24.5 Å². The molecule has 2 aromatic carbocycles. The predicted molar refractivity (Wildman–Crippen MR) is 146 cm³/mol. The number of aryl methyl sites for hydroxylation is 1. The number of hydrogen-bond acceptors (Lipinski definition) is 6. The third-order valence-electron chi connectivity index (χ3n) is 5.88. The minimum atomic E-state index is 0.121. The maximum Gasteiger partial charge on any atom is 0.233 e. The molecule has 7 nitrogen and oxygen atoms in total. The molecule has 4 rings (SSSR count). The zero-order valence-electron chi connectivity index (χ0n) is 20.0. The molecular weight excluding hydrogens is 517 g/mol. The normalized spacial score (nSPS) is 13.6. The number of halogens is 2. The summed E-state index contributed by atoms with van der Waals surface area (Å²) in [5, 5.41) is 10.5. The summed E-state index contributed by atoms with van der Waals surface area (Å²) in [7, 11) is 0. The number of anilines is 1. The van der Waals surface area contributed by atoms with E-state index in [1.165, 1.54) is 17.4 Å². The van der Waals surface area contributed by atoms with E-state index in [1.54, 1.807) is 18.2 Å². The second-order valence-electron chi connectivity index (χ2n) is 8.32. The van der Waals surface area contributed by atoms with Crippen molar-refractivity contribution >= 4 is 46.6 Å². The van der Waals surface area contributed by atoms with Crippen LogP contribution in [0.2, 0.25) is 10.0 Å². The molecule has 1 amide bonds. The van der Waals surface area contributed by atoms with Crippen LogP contribution in [-0.2, 0) is 17.8 Å². The molecule has 190 valence electrons. The lowest BCUT2D eigenvalue weighted by molar-refractivity contribution is -0.128. The average Bonchev–Trinajstić information content (AvgIpc) is 3.28. The van der Waals surface area contributed by atoms with Crippen molar-refractivity contribution < 1.29 is 9.53 Å². The first-order valence-corrected chi connectivity index (χ1v) is 13.6. The van der Waals surface area contributed by atoms with Gasteiger partial charge in [-0.25, -0.2) is 0 Å². The molecule has 0 saturated carbocycles. The van der Waals surface area contributed by atoms with Gasteiger partial charge in [0, 0.05) is 49.9 Å². The molecule has 0 atom stereocenters. The van der Waals surface area contributed by atoms with Crippen molar-refractivity contribution in [2.75, 3.05) is 43.4 Å². The van der Waals surface area contributed by atoms with Crippen molar-refractivity contribution in [3.63, 3.8) is 0 Å². The lowest BCUT2D eigenvalue weighted by Gasteiger charge is -2.36. The number of hydrogen-bond donors (Lipinski definition) is 0. The Kier molecular flexibility index (Phi) is 9.55. The molecule has 1 fully saturated rings. The van der Waals surface area contributed by atoms with Gasteiger partial charge in [0.25, 0.3) is 0 Å². The fourth-order valence-electron chi connectivity index (χ4n) is 4.00. The van der Waals surface area contributed by atoms with E-state index in [2.05, 4.69) is 33.8 Å². The smallest absolute Gasteiger partial charge is 0.233 e. The van der Waals surface area contributed by atoms with Crippen molar-refractivity contribution in [1.82, 2.24) is 19.7 Å². The van der Waals surface area contributed by atoms with E-state index >= 15 is 0 Å². The monoisotopic (exact) mass is 545 g/mol. The molecule has 1 aliphatic rings. The maximum atomic E-state index is 12.9. The van der Waals surface area contributed by atoms with Crippen LogP contribution in [0.5, 0.6) is 5.75 Å². The number of ether oxygens (including phenoxy) is 1.